The molecule has 4 heterocycles. The lowest BCUT2D eigenvalue weighted by atomic mass is 10.1. The number of benzene rings is 4. The van der Waals surface area contributed by atoms with E-state index in [1.54, 1.807) is 55.0 Å². The Labute approximate surface area is 307 Å². The number of carbonyl (C=O) groups excluding carboxylic acids is 1. The highest BCUT2D eigenvalue weighted by atomic mass is 35.5. The topological polar surface area (TPSA) is 73.2 Å². The smallest absolute Gasteiger partial charge is 0.263 e. The fourth-order valence-electron chi connectivity index (χ4n) is 7.24. The fourth-order valence-corrected chi connectivity index (χ4v) is 7.24. The van der Waals surface area contributed by atoms with Gasteiger partial charge in [-0.1, -0.05) is 24.3 Å². The van der Waals surface area contributed by atoms with Crippen LogP contribution >= 0.6 is 0 Å². The second-order valence-electron chi connectivity index (χ2n) is 13.3. The summed E-state index contributed by atoms with van der Waals surface area (Å²) in [6.45, 7) is 10.3. The molecule has 3 aliphatic heterocycles. The number of rotatable bonds is 11. The van der Waals surface area contributed by atoms with Crippen LogP contribution < -0.4 is 36.9 Å². The Kier molecular flexibility index (Phi) is 10.9. The second kappa shape index (κ2) is 15.3. The van der Waals surface area contributed by atoms with Crippen LogP contribution in [0.3, 0.4) is 0 Å². The van der Waals surface area contributed by atoms with E-state index in [0.29, 0.717) is 35.1 Å². The van der Waals surface area contributed by atoms with Crippen molar-refractivity contribution in [2.75, 3.05) is 64.9 Å². The Bertz CT molecular complexity index is 2120. The van der Waals surface area contributed by atoms with Gasteiger partial charge < -0.3 is 40.6 Å². The molecule has 0 spiro atoms. The molecule has 0 N–H and O–H groups in total. The molecule has 9 nitrogen and oxygen atoms in total. The van der Waals surface area contributed by atoms with Gasteiger partial charge in [-0.15, -0.1) is 0 Å². The van der Waals surface area contributed by atoms with Gasteiger partial charge in [0.1, 0.15) is 47.6 Å². The van der Waals surface area contributed by atoms with Gasteiger partial charge in [0.05, 0.1) is 45.1 Å². The molecule has 272 valence electrons. The Hall–Kier alpha value is -4.97. The highest BCUT2D eigenvalue weighted by Gasteiger charge is 2.38. The maximum Gasteiger partial charge on any atom is 0.263 e. The number of amides is 1. The number of halogens is 3. The summed E-state index contributed by atoms with van der Waals surface area (Å²) in [4.78, 5) is 31.6. The number of carbonyl (C=O) groups is 1. The van der Waals surface area contributed by atoms with E-state index in [4.69, 9.17) is 14.2 Å². The zero-order chi connectivity index (χ0) is 35.7. The molecule has 0 unspecified atom stereocenters. The van der Waals surface area contributed by atoms with Crippen LogP contribution in [0.5, 0.6) is 17.2 Å². The van der Waals surface area contributed by atoms with Gasteiger partial charge >= 0.3 is 0 Å². The van der Waals surface area contributed by atoms with Crippen LogP contribution in [0.25, 0.3) is 16.6 Å². The van der Waals surface area contributed by atoms with Crippen molar-refractivity contribution in [1.29, 1.82) is 0 Å². The van der Waals surface area contributed by atoms with Crippen molar-refractivity contribution in [1.82, 2.24) is 9.47 Å². The van der Waals surface area contributed by atoms with E-state index >= 15 is 0 Å². The first-order valence-electron chi connectivity index (χ1n) is 17.2. The molecule has 3 fully saturated rings. The minimum Gasteiger partial charge on any atom is -1.00 e. The quantitative estimate of drug-likeness (QED) is 0.195. The van der Waals surface area contributed by atoms with Crippen LogP contribution in [0.1, 0.15) is 28.4 Å². The summed E-state index contributed by atoms with van der Waals surface area (Å²) in [5.74, 6) is -0.831. The van der Waals surface area contributed by atoms with Crippen LogP contribution in [0.2, 0.25) is 0 Å². The SMILES string of the molecule is CCN(C(=O)c1cn(-c2cc(OC)cc(OCc3ccc(C[N+]45CCN(CC4)CC5)cc3)c2)c2cc(OC)ccc2c1=O)c1cc(F)cc(F)c1.[Cl-]. The summed E-state index contributed by atoms with van der Waals surface area (Å²) >= 11 is 0. The van der Waals surface area contributed by atoms with E-state index in [0.717, 1.165) is 34.8 Å². The third kappa shape index (κ3) is 7.48. The van der Waals surface area contributed by atoms with Crippen LogP contribution in [-0.2, 0) is 13.2 Å². The summed E-state index contributed by atoms with van der Waals surface area (Å²) in [5, 5.41) is 0.255. The number of methoxy groups -OCH3 is 2. The molecular weight excluding hydrogens is 690 g/mol. The summed E-state index contributed by atoms with van der Waals surface area (Å²) in [5.41, 5.74) is 2.68. The number of aromatic nitrogens is 1. The molecule has 5 aromatic rings. The molecule has 0 aliphatic carbocycles. The van der Waals surface area contributed by atoms with Crippen molar-refractivity contribution in [2.45, 2.75) is 20.1 Å². The lowest BCUT2D eigenvalue weighted by Gasteiger charge is -2.50. The van der Waals surface area contributed by atoms with Gasteiger partial charge in [0.25, 0.3) is 5.91 Å². The average Bonchev–Trinajstić information content (AvgIpc) is 3.15. The molecular formula is C40H41ClF2N4O5. The molecule has 0 saturated carbocycles. The first-order chi connectivity index (χ1) is 24.7. The van der Waals surface area contributed by atoms with Gasteiger partial charge in [-0.25, -0.2) is 8.78 Å². The number of pyridine rings is 1. The van der Waals surface area contributed by atoms with Crippen LogP contribution in [-0.4, -0.2) is 79.9 Å². The van der Waals surface area contributed by atoms with Crippen molar-refractivity contribution in [2.24, 2.45) is 0 Å². The third-order valence-electron chi connectivity index (χ3n) is 10.2. The van der Waals surface area contributed by atoms with Crippen molar-refractivity contribution in [3.05, 3.63) is 124 Å². The van der Waals surface area contributed by atoms with E-state index in [1.165, 1.54) is 63.0 Å². The standard InChI is InChI=1S/C40H41F2N4O5.ClH/c1-4-44(31-18-29(41)17-30(42)19-31)40(48)37-24-45(38-23-33(49-2)9-10-36(38)39(37)47)32-20-34(50-3)22-35(21-32)51-26-28-7-5-27(6-8-28)25-46-14-11-43(12-15-46)13-16-46;/h5-10,17-24H,4,11-16,25-26H2,1-3H3;1H/q+1;/p-1. The minimum atomic E-state index is -0.831. The first-order valence-corrected chi connectivity index (χ1v) is 17.2. The van der Waals surface area contributed by atoms with Crippen LogP contribution in [0.4, 0.5) is 14.5 Å². The predicted octanol–water partition coefficient (Wildman–Crippen LogP) is 3.18. The van der Waals surface area contributed by atoms with E-state index in [1.807, 2.05) is 0 Å². The van der Waals surface area contributed by atoms with Gasteiger partial charge in [-0.2, -0.15) is 0 Å². The maximum atomic E-state index is 14.2. The lowest BCUT2D eigenvalue weighted by molar-refractivity contribution is -0.953. The number of quaternary nitrogens is 1. The van der Waals surface area contributed by atoms with Gasteiger partial charge in [-0.3, -0.25) is 14.5 Å². The van der Waals surface area contributed by atoms with Gasteiger partial charge in [0, 0.05) is 79.3 Å². The molecule has 8 rings (SSSR count). The second-order valence-corrected chi connectivity index (χ2v) is 13.3. The van der Waals surface area contributed by atoms with Crippen molar-refractivity contribution in [3.8, 4) is 22.9 Å². The molecule has 52 heavy (non-hydrogen) atoms. The van der Waals surface area contributed by atoms with Crippen LogP contribution in [0.15, 0.2) is 89.9 Å². The Balaban J connectivity index is 0.00000464. The highest BCUT2D eigenvalue weighted by Crippen LogP contribution is 2.31. The molecule has 12 heteroatoms. The Morgan fingerprint density at radius 2 is 1.44 bits per heavy atom. The number of piperazine rings is 3. The first kappa shape index (κ1) is 36.8. The zero-order valence-electron chi connectivity index (χ0n) is 29.4. The van der Waals surface area contributed by atoms with Crippen molar-refractivity contribution >= 4 is 22.5 Å². The number of fused-ring (bicyclic) bond motifs is 4. The lowest BCUT2D eigenvalue weighted by Crippen LogP contribution is -3.00. The molecule has 3 saturated heterocycles. The van der Waals surface area contributed by atoms with Gasteiger partial charge in [0.2, 0.25) is 5.43 Å². The molecule has 4 aromatic carbocycles. The van der Waals surface area contributed by atoms with Crippen LogP contribution in [0, 0.1) is 11.6 Å². The van der Waals surface area contributed by atoms with Crippen molar-refractivity contribution < 1.29 is 44.7 Å². The summed E-state index contributed by atoms with van der Waals surface area (Å²) < 4.78 is 48.6. The maximum absolute atomic E-state index is 14.2. The summed E-state index contributed by atoms with van der Waals surface area (Å²) in [6, 6.07) is 21.8. The third-order valence-corrected chi connectivity index (χ3v) is 10.2. The predicted molar refractivity (Wildman–Crippen MR) is 192 cm³/mol. The average molecular weight is 731 g/mol. The largest absolute Gasteiger partial charge is 1.00 e. The number of nitrogens with zero attached hydrogens (tertiary/aromatic N) is 4. The van der Waals surface area contributed by atoms with Crippen molar-refractivity contribution in [3.63, 3.8) is 0 Å². The van der Waals surface area contributed by atoms with E-state index in [9.17, 15) is 18.4 Å². The molecule has 0 atom stereocenters. The summed E-state index contributed by atoms with van der Waals surface area (Å²) in [6.07, 6.45) is 1.44. The zero-order valence-corrected chi connectivity index (χ0v) is 30.2. The highest BCUT2D eigenvalue weighted by molar-refractivity contribution is 6.07. The number of hydrogen-bond acceptors (Lipinski definition) is 6. The normalized spacial score (nSPS) is 17.8. The molecule has 1 aromatic heterocycles. The monoisotopic (exact) mass is 730 g/mol. The Morgan fingerprint density at radius 1 is 0.808 bits per heavy atom. The van der Waals surface area contributed by atoms with E-state index < -0.39 is 23.0 Å². The number of anilines is 1. The molecule has 3 aliphatic rings. The van der Waals surface area contributed by atoms with E-state index in [-0.39, 0.29) is 35.6 Å². The molecule has 1 amide bonds. The molecule has 0 radical (unpaired) electrons. The fraction of sp³-hybridized carbons (Fsp3) is 0.300. The Morgan fingerprint density at radius 3 is 2.08 bits per heavy atom. The molecule has 2 bridgehead atoms. The summed E-state index contributed by atoms with van der Waals surface area (Å²) in [7, 11) is 3.08. The number of hydrogen-bond donors (Lipinski definition) is 0. The van der Waals surface area contributed by atoms with E-state index in [2.05, 4.69) is 29.2 Å². The minimum absolute atomic E-state index is 0. The number of ether oxygens (including phenoxy) is 3. The van der Waals surface area contributed by atoms with Gasteiger partial charge in [-0.05, 0) is 36.8 Å². The van der Waals surface area contributed by atoms with Gasteiger partial charge in [0.15, 0.2) is 0 Å².